The summed E-state index contributed by atoms with van der Waals surface area (Å²) in [5, 5.41) is 9.16. The number of alkyl carbamates (subject to hydrolysis) is 1. The van der Waals surface area contributed by atoms with Crippen LogP contribution in [0.2, 0.25) is 0 Å². The Morgan fingerprint density at radius 2 is 1.86 bits per heavy atom. The lowest BCUT2D eigenvalue weighted by Gasteiger charge is -2.24. The van der Waals surface area contributed by atoms with E-state index in [9.17, 15) is 9.59 Å². The zero-order chi connectivity index (χ0) is 21.0. The fourth-order valence-corrected chi connectivity index (χ4v) is 2.44. The highest BCUT2D eigenvalue weighted by Crippen LogP contribution is 2.11. The Balaban J connectivity index is 2.38. The summed E-state index contributed by atoms with van der Waals surface area (Å²) in [5.74, 6) is 0.503. The second-order valence-electron chi connectivity index (χ2n) is 8.03. The Morgan fingerprint density at radius 1 is 1.14 bits per heavy atom. The molecular formula is C19H37N5O4. The van der Waals surface area contributed by atoms with Crippen LogP contribution in [0.25, 0.3) is 0 Å². The summed E-state index contributed by atoms with van der Waals surface area (Å²) in [5.41, 5.74) is -0.508. The molecule has 2 amide bonds. The van der Waals surface area contributed by atoms with E-state index in [4.69, 9.17) is 9.47 Å². The average Bonchev–Trinajstić information content (AvgIpc) is 2.62. The quantitative estimate of drug-likeness (QED) is 0.321. The molecule has 1 heterocycles. The van der Waals surface area contributed by atoms with Crippen LogP contribution in [0.5, 0.6) is 0 Å². The molecule has 1 rings (SSSR count). The molecule has 0 aromatic rings. The van der Waals surface area contributed by atoms with Gasteiger partial charge in [0.05, 0.1) is 6.10 Å². The van der Waals surface area contributed by atoms with Crippen molar-refractivity contribution < 1.29 is 19.1 Å². The molecule has 1 atom stereocenters. The zero-order valence-electron chi connectivity index (χ0n) is 18.0. The monoisotopic (exact) mass is 399 g/mol. The van der Waals surface area contributed by atoms with Crippen LogP contribution in [-0.2, 0) is 14.3 Å². The molecule has 0 saturated carbocycles. The van der Waals surface area contributed by atoms with E-state index in [1.165, 1.54) is 11.3 Å². The summed E-state index contributed by atoms with van der Waals surface area (Å²) in [6.45, 7) is 8.08. The number of hydrogen-bond acceptors (Lipinski definition) is 5. The Morgan fingerprint density at radius 3 is 2.46 bits per heavy atom. The lowest BCUT2D eigenvalue weighted by Crippen LogP contribution is -2.44. The number of nitrogens with zero attached hydrogens (tertiary/aromatic N) is 2. The van der Waals surface area contributed by atoms with Gasteiger partial charge in [-0.2, -0.15) is 0 Å². The van der Waals surface area contributed by atoms with Crippen LogP contribution < -0.4 is 16.0 Å². The van der Waals surface area contributed by atoms with Crippen molar-refractivity contribution >= 4 is 18.0 Å². The first kappa shape index (κ1) is 24.0. The molecule has 1 saturated heterocycles. The van der Waals surface area contributed by atoms with Crippen LogP contribution in [0.3, 0.4) is 0 Å². The summed E-state index contributed by atoms with van der Waals surface area (Å²) in [4.78, 5) is 29.3. The molecule has 0 spiro atoms. The number of aliphatic imine (C=N–C) groups is 1. The smallest absolute Gasteiger partial charge is 0.407 e. The summed E-state index contributed by atoms with van der Waals surface area (Å²) >= 11 is 0. The van der Waals surface area contributed by atoms with E-state index in [0.29, 0.717) is 32.0 Å². The molecule has 0 aliphatic carbocycles. The van der Waals surface area contributed by atoms with Gasteiger partial charge in [0.1, 0.15) is 12.1 Å². The first-order valence-electron chi connectivity index (χ1n) is 9.98. The number of hydrogen-bond donors (Lipinski definition) is 3. The van der Waals surface area contributed by atoms with Crippen molar-refractivity contribution in [1.29, 1.82) is 0 Å². The third-order valence-electron chi connectivity index (χ3n) is 3.96. The molecule has 9 heteroatoms. The number of carbonyl (C=O) groups is 2. The molecular weight excluding hydrogens is 362 g/mol. The van der Waals surface area contributed by atoms with Gasteiger partial charge in [-0.15, -0.1) is 0 Å². The number of carbonyl (C=O) groups excluding carboxylic acids is 2. The van der Waals surface area contributed by atoms with Gasteiger partial charge in [0.2, 0.25) is 5.91 Å². The fraction of sp³-hybridized carbons (Fsp3) is 0.842. The lowest BCUT2D eigenvalue weighted by molar-refractivity contribution is -0.127. The molecule has 9 nitrogen and oxygen atoms in total. The molecule has 1 fully saturated rings. The minimum absolute atomic E-state index is 0.0680. The van der Waals surface area contributed by atoms with E-state index in [1.54, 1.807) is 14.1 Å². The second-order valence-corrected chi connectivity index (χ2v) is 8.03. The van der Waals surface area contributed by atoms with Crippen LogP contribution >= 0.6 is 0 Å². The van der Waals surface area contributed by atoms with Gasteiger partial charge in [-0.3, -0.25) is 4.79 Å². The van der Waals surface area contributed by atoms with E-state index < -0.39 is 11.7 Å². The Kier molecular flexibility index (Phi) is 10.7. The maximum absolute atomic E-state index is 11.8. The van der Waals surface area contributed by atoms with Gasteiger partial charge in [0.15, 0.2) is 5.96 Å². The first-order chi connectivity index (χ1) is 13.2. The van der Waals surface area contributed by atoms with Crippen LogP contribution in [-0.4, -0.2) is 81.4 Å². The highest BCUT2D eigenvalue weighted by Gasteiger charge is 2.16. The Labute approximate surface area is 168 Å². The van der Waals surface area contributed by atoms with Crippen molar-refractivity contribution in [2.45, 2.75) is 58.2 Å². The van der Waals surface area contributed by atoms with E-state index in [2.05, 4.69) is 20.9 Å². The van der Waals surface area contributed by atoms with Gasteiger partial charge in [-0.1, -0.05) is 0 Å². The van der Waals surface area contributed by atoms with Gasteiger partial charge >= 0.3 is 6.09 Å². The van der Waals surface area contributed by atoms with Crippen molar-refractivity contribution in [3.8, 4) is 0 Å². The van der Waals surface area contributed by atoms with Gasteiger partial charge in [-0.05, 0) is 46.5 Å². The SMILES string of the molecule is CN(C)C(=O)CN=C(NCCCNC(=O)OC(C)(C)C)NCC1CCCCO1. The average molecular weight is 400 g/mol. The largest absolute Gasteiger partial charge is 0.444 e. The molecule has 1 aliphatic rings. The van der Waals surface area contributed by atoms with Crippen molar-refractivity contribution in [2.75, 3.05) is 46.9 Å². The number of likely N-dealkylation sites (N-methyl/N-ethyl adjacent to an activating group) is 1. The van der Waals surface area contributed by atoms with E-state index in [1.807, 2.05) is 20.8 Å². The Hall–Kier alpha value is -2.03. The number of ether oxygens (including phenoxy) is 2. The van der Waals surface area contributed by atoms with Crippen molar-refractivity contribution in [2.24, 2.45) is 4.99 Å². The molecule has 0 aromatic carbocycles. The number of rotatable bonds is 8. The summed E-state index contributed by atoms with van der Waals surface area (Å²) in [7, 11) is 3.41. The van der Waals surface area contributed by atoms with Gasteiger partial charge in [0.25, 0.3) is 0 Å². The third-order valence-corrected chi connectivity index (χ3v) is 3.96. The molecule has 28 heavy (non-hydrogen) atoms. The number of amides is 2. The molecule has 0 aromatic heterocycles. The van der Waals surface area contributed by atoms with Gasteiger partial charge < -0.3 is 30.3 Å². The van der Waals surface area contributed by atoms with Crippen LogP contribution in [0.1, 0.15) is 46.5 Å². The van der Waals surface area contributed by atoms with Gasteiger partial charge in [0, 0.05) is 40.3 Å². The van der Waals surface area contributed by atoms with E-state index >= 15 is 0 Å². The highest BCUT2D eigenvalue weighted by molar-refractivity contribution is 5.84. The summed E-state index contributed by atoms with van der Waals surface area (Å²) in [6, 6.07) is 0. The van der Waals surface area contributed by atoms with E-state index in [0.717, 1.165) is 19.4 Å². The highest BCUT2D eigenvalue weighted by atomic mass is 16.6. The lowest BCUT2D eigenvalue weighted by atomic mass is 10.1. The third kappa shape index (κ3) is 11.6. The maximum Gasteiger partial charge on any atom is 0.407 e. The van der Waals surface area contributed by atoms with Crippen LogP contribution in [0, 0.1) is 0 Å². The van der Waals surface area contributed by atoms with Crippen molar-refractivity contribution in [3.05, 3.63) is 0 Å². The minimum Gasteiger partial charge on any atom is -0.444 e. The molecule has 162 valence electrons. The topological polar surface area (TPSA) is 104 Å². The molecule has 1 unspecified atom stereocenters. The maximum atomic E-state index is 11.8. The zero-order valence-corrected chi connectivity index (χ0v) is 18.0. The van der Waals surface area contributed by atoms with Crippen LogP contribution in [0.15, 0.2) is 4.99 Å². The van der Waals surface area contributed by atoms with Crippen LogP contribution in [0.4, 0.5) is 4.79 Å². The molecule has 0 bridgehead atoms. The second kappa shape index (κ2) is 12.4. The molecule has 0 radical (unpaired) electrons. The first-order valence-corrected chi connectivity index (χ1v) is 9.98. The predicted molar refractivity (Wildman–Crippen MR) is 109 cm³/mol. The van der Waals surface area contributed by atoms with Gasteiger partial charge in [-0.25, -0.2) is 9.79 Å². The number of guanidine groups is 1. The van der Waals surface area contributed by atoms with E-state index in [-0.39, 0.29) is 18.6 Å². The Bertz CT molecular complexity index is 511. The molecule has 3 N–H and O–H groups in total. The van der Waals surface area contributed by atoms with Crippen molar-refractivity contribution in [1.82, 2.24) is 20.9 Å². The minimum atomic E-state index is -0.508. The number of nitrogens with one attached hydrogen (secondary N) is 3. The normalized spacial score (nSPS) is 17.6. The summed E-state index contributed by atoms with van der Waals surface area (Å²) < 4.78 is 10.9. The standard InChI is InChI=1S/C19H37N5O4/c1-19(2,3)28-18(26)21-11-8-10-20-17(23-14-16(25)24(4)5)22-13-15-9-6-7-12-27-15/h15H,6-14H2,1-5H3,(H,21,26)(H2,20,22,23). The molecule has 1 aliphatic heterocycles. The van der Waals surface area contributed by atoms with Crippen molar-refractivity contribution in [3.63, 3.8) is 0 Å². The summed E-state index contributed by atoms with van der Waals surface area (Å²) in [6.07, 6.45) is 3.74. The predicted octanol–water partition coefficient (Wildman–Crippen LogP) is 1.09. The fourth-order valence-electron chi connectivity index (χ4n) is 2.44.